The van der Waals surface area contributed by atoms with Gasteiger partial charge >= 0.3 is 12.0 Å². The zero-order chi connectivity index (χ0) is 21.8. The average Bonchev–Trinajstić information content (AvgIpc) is 2.75. The third-order valence-corrected chi connectivity index (χ3v) is 3.48. The van der Waals surface area contributed by atoms with E-state index in [2.05, 4.69) is 20.6 Å². The maximum atomic E-state index is 12.0. The number of carbonyl (C=O) groups is 3. The molecule has 0 atom stereocenters. The van der Waals surface area contributed by atoms with Crippen LogP contribution in [0, 0.1) is 0 Å². The van der Waals surface area contributed by atoms with Gasteiger partial charge in [0.15, 0.2) is 23.8 Å². The van der Waals surface area contributed by atoms with Crippen molar-refractivity contribution in [3.63, 3.8) is 0 Å². The number of aromatic nitrogens is 2. The first-order valence-corrected chi connectivity index (χ1v) is 9.47. The van der Waals surface area contributed by atoms with Gasteiger partial charge in [-0.1, -0.05) is 13.8 Å². The van der Waals surface area contributed by atoms with Crippen LogP contribution in [0.3, 0.4) is 0 Å². The highest BCUT2D eigenvalue weighted by molar-refractivity contribution is 6.02. The van der Waals surface area contributed by atoms with Crippen LogP contribution in [0.1, 0.15) is 37.2 Å². The minimum Gasteiger partial charge on any atom is -0.490 e. The first-order valence-electron chi connectivity index (χ1n) is 9.47. The lowest BCUT2D eigenvalue weighted by molar-refractivity contribution is -0.123. The van der Waals surface area contributed by atoms with E-state index in [-0.39, 0.29) is 5.69 Å². The van der Waals surface area contributed by atoms with Gasteiger partial charge in [-0.2, -0.15) is 0 Å². The molecule has 2 aromatic rings. The van der Waals surface area contributed by atoms with Crippen molar-refractivity contribution >= 4 is 23.6 Å². The second kappa shape index (κ2) is 12.0. The molecular formula is C20H24N4O6. The first kappa shape index (κ1) is 22.6. The molecule has 0 saturated heterocycles. The van der Waals surface area contributed by atoms with E-state index in [1.165, 1.54) is 18.6 Å². The van der Waals surface area contributed by atoms with E-state index >= 15 is 0 Å². The number of ether oxygens (including phenoxy) is 3. The topological polar surface area (TPSA) is 129 Å². The smallest absolute Gasteiger partial charge is 0.359 e. The number of esters is 1. The van der Waals surface area contributed by atoms with E-state index in [0.29, 0.717) is 30.4 Å². The van der Waals surface area contributed by atoms with E-state index < -0.39 is 24.5 Å². The highest BCUT2D eigenvalue weighted by Crippen LogP contribution is 2.30. The number of imide groups is 1. The SMILES string of the molecule is CCCOc1ccc(NC(=O)NC(=O)COC(=O)c2cnccn2)cc1OCCC. The summed E-state index contributed by atoms with van der Waals surface area (Å²) >= 11 is 0. The number of hydrogen-bond donors (Lipinski definition) is 2. The van der Waals surface area contributed by atoms with Gasteiger partial charge in [0.2, 0.25) is 0 Å². The Labute approximate surface area is 174 Å². The van der Waals surface area contributed by atoms with Gasteiger partial charge in [0.25, 0.3) is 5.91 Å². The highest BCUT2D eigenvalue weighted by Gasteiger charge is 2.14. The van der Waals surface area contributed by atoms with E-state index in [4.69, 9.17) is 14.2 Å². The second-order valence-electron chi connectivity index (χ2n) is 6.03. The fourth-order valence-electron chi connectivity index (χ4n) is 2.18. The van der Waals surface area contributed by atoms with E-state index in [1.807, 2.05) is 13.8 Å². The molecule has 0 unspecified atom stereocenters. The summed E-state index contributed by atoms with van der Waals surface area (Å²) in [5.41, 5.74) is 0.367. The van der Waals surface area contributed by atoms with Gasteiger partial charge in [0.05, 0.1) is 19.4 Å². The number of benzene rings is 1. The number of hydrogen-bond acceptors (Lipinski definition) is 8. The molecule has 0 aliphatic rings. The molecule has 0 bridgehead atoms. The molecule has 0 aliphatic heterocycles. The Balaban J connectivity index is 1.88. The molecule has 10 nitrogen and oxygen atoms in total. The third kappa shape index (κ3) is 7.38. The molecule has 0 radical (unpaired) electrons. The van der Waals surface area contributed by atoms with Crippen LogP contribution in [0.4, 0.5) is 10.5 Å². The standard InChI is InChI=1S/C20H24N4O6/c1-3-9-28-16-6-5-14(11-17(16)29-10-4-2)23-20(27)24-18(25)13-30-19(26)15-12-21-7-8-22-15/h5-8,11-12H,3-4,9-10,13H2,1-2H3,(H2,23,24,25,27). The third-order valence-electron chi connectivity index (χ3n) is 3.48. The Morgan fingerprint density at radius 1 is 1.00 bits per heavy atom. The summed E-state index contributed by atoms with van der Waals surface area (Å²) in [5, 5.41) is 4.60. The van der Waals surface area contributed by atoms with Crippen molar-refractivity contribution in [2.45, 2.75) is 26.7 Å². The number of nitrogens with zero attached hydrogens (tertiary/aromatic N) is 2. The average molecular weight is 416 g/mol. The number of amides is 3. The first-order chi connectivity index (χ1) is 14.5. The lowest BCUT2D eigenvalue weighted by Gasteiger charge is -2.14. The Bertz CT molecular complexity index is 860. The molecule has 1 heterocycles. The Morgan fingerprint density at radius 3 is 2.40 bits per heavy atom. The molecule has 0 spiro atoms. The van der Waals surface area contributed by atoms with Crippen LogP contribution in [-0.2, 0) is 9.53 Å². The van der Waals surface area contributed by atoms with Crippen LogP contribution in [0.15, 0.2) is 36.8 Å². The zero-order valence-corrected chi connectivity index (χ0v) is 16.8. The summed E-state index contributed by atoms with van der Waals surface area (Å²) in [6.07, 6.45) is 5.58. The minimum atomic E-state index is -0.820. The van der Waals surface area contributed by atoms with Gasteiger partial charge in [0.1, 0.15) is 0 Å². The summed E-state index contributed by atoms with van der Waals surface area (Å²) in [6.45, 7) is 4.36. The quantitative estimate of drug-likeness (QED) is 0.566. The molecule has 0 fully saturated rings. The molecule has 2 rings (SSSR count). The molecule has 2 N–H and O–H groups in total. The minimum absolute atomic E-state index is 0.0419. The maximum Gasteiger partial charge on any atom is 0.359 e. The fourth-order valence-corrected chi connectivity index (χ4v) is 2.18. The van der Waals surface area contributed by atoms with Crippen LogP contribution in [0.25, 0.3) is 0 Å². The second-order valence-corrected chi connectivity index (χ2v) is 6.03. The van der Waals surface area contributed by atoms with Crippen molar-refractivity contribution in [1.82, 2.24) is 15.3 Å². The maximum absolute atomic E-state index is 12.0. The number of nitrogens with one attached hydrogen (secondary N) is 2. The van der Waals surface area contributed by atoms with E-state index in [1.54, 1.807) is 18.2 Å². The van der Waals surface area contributed by atoms with Gasteiger partial charge in [-0.3, -0.25) is 15.1 Å². The van der Waals surface area contributed by atoms with Crippen molar-refractivity contribution in [3.8, 4) is 11.5 Å². The van der Waals surface area contributed by atoms with Gasteiger partial charge in [0, 0.05) is 24.1 Å². The molecular weight excluding hydrogens is 392 g/mol. The van der Waals surface area contributed by atoms with Crippen LogP contribution < -0.4 is 20.1 Å². The molecule has 1 aromatic heterocycles. The van der Waals surface area contributed by atoms with Crippen LogP contribution in [0.5, 0.6) is 11.5 Å². The highest BCUT2D eigenvalue weighted by atomic mass is 16.5. The molecule has 1 aromatic carbocycles. The molecule has 30 heavy (non-hydrogen) atoms. The van der Waals surface area contributed by atoms with Crippen LogP contribution >= 0.6 is 0 Å². The predicted octanol–water partition coefficient (Wildman–Crippen LogP) is 2.56. The number of rotatable bonds is 10. The molecule has 3 amide bonds. The molecule has 160 valence electrons. The van der Waals surface area contributed by atoms with Crippen molar-refractivity contribution in [2.75, 3.05) is 25.1 Å². The lowest BCUT2D eigenvalue weighted by Crippen LogP contribution is -2.37. The number of anilines is 1. The van der Waals surface area contributed by atoms with Gasteiger partial charge in [-0.05, 0) is 25.0 Å². The number of carbonyl (C=O) groups excluding carboxylic acids is 3. The monoisotopic (exact) mass is 416 g/mol. The molecule has 0 saturated carbocycles. The van der Waals surface area contributed by atoms with E-state index in [0.717, 1.165) is 12.8 Å². The summed E-state index contributed by atoms with van der Waals surface area (Å²) in [6, 6.07) is 4.14. The van der Waals surface area contributed by atoms with Crippen molar-refractivity contribution in [2.24, 2.45) is 0 Å². The van der Waals surface area contributed by atoms with Gasteiger partial charge in [-0.15, -0.1) is 0 Å². The summed E-state index contributed by atoms with van der Waals surface area (Å²) < 4.78 is 16.1. The molecule has 0 aliphatic carbocycles. The summed E-state index contributed by atoms with van der Waals surface area (Å²) in [7, 11) is 0. The summed E-state index contributed by atoms with van der Waals surface area (Å²) in [4.78, 5) is 43.1. The van der Waals surface area contributed by atoms with Crippen LogP contribution in [0.2, 0.25) is 0 Å². The Kier molecular flexibility index (Phi) is 9.04. The fraction of sp³-hybridized carbons (Fsp3) is 0.350. The predicted molar refractivity (Wildman–Crippen MR) is 107 cm³/mol. The van der Waals surface area contributed by atoms with Crippen molar-refractivity contribution in [3.05, 3.63) is 42.5 Å². The zero-order valence-electron chi connectivity index (χ0n) is 16.8. The number of urea groups is 1. The molecule has 10 heteroatoms. The van der Waals surface area contributed by atoms with Gasteiger partial charge < -0.3 is 19.5 Å². The Morgan fingerprint density at radius 2 is 1.73 bits per heavy atom. The largest absolute Gasteiger partial charge is 0.490 e. The lowest BCUT2D eigenvalue weighted by atomic mass is 10.2. The normalized spacial score (nSPS) is 10.1. The summed E-state index contributed by atoms with van der Waals surface area (Å²) in [5.74, 6) is -0.551. The Hall–Kier alpha value is -3.69. The van der Waals surface area contributed by atoms with Crippen molar-refractivity contribution < 1.29 is 28.6 Å². The van der Waals surface area contributed by atoms with Crippen LogP contribution in [-0.4, -0.2) is 47.7 Å². The van der Waals surface area contributed by atoms with Crippen molar-refractivity contribution in [1.29, 1.82) is 0 Å². The van der Waals surface area contributed by atoms with E-state index in [9.17, 15) is 14.4 Å². The van der Waals surface area contributed by atoms with Gasteiger partial charge in [-0.25, -0.2) is 14.6 Å².